The van der Waals surface area contributed by atoms with Crippen LogP contribution in [0.5, 0.6) is 0 Å². The lowest BCUT2D eigenvalue weighted by Gasteiger charge is -2.18. The summed E-state index contributed by atoms with van der Waals surface area (Å²) in [6.07, 6.45) is 0. The molecule has 1 aromatic carbocycles. The van der Waals surface area contributed by atoms with Gasteiger partial charge >= 0.3 is 0 Å². The minimum absolute atomic E-state index is 0.144. The summed E-state index contributed by atoms with van der Waals surface area (Å²) in [7, 11) is 0. The molecular weight excluding hydrogens is 261 g/mol. The summed E-state index contributed by atoms with van der Waals surface area (Å²) in [5, 5.41) is 2.42. The molecule has 0 radical (unpaired) electrons. The molecule has 0 heterocycles. The molecule has 0 fully saturated rings. The van der Waals surface area contributed by atoms with Crippen LogP contribution in [0.25, 0.3) is 0 Å². The summed E-state index contributed by atoms with van der Waals surface area (Å²) in [4.78, 5) is 25.2. The first-order chi connectivity index (χ1) is 9.40. The number of aryl methyl sites for hydroxylation is 1. The monoisotopic (exact) mass is 281 g/mol. The Labute approximate surface area is 117 Å². The van der Waals surface area contributed by atoms with Gasteiger partial charge in [-0.15, -0.1) is 0 Å². The first-order valence-corrected chi connectivity index (χ1v) is 6.52. The van der Waals surface area contributed by atoms with Crippen molar-refractivity contribution in [3.8, 4) is 0 Å². The lowest BCUT2D eigenvalue weighted by Crippen LogP contribution is -2.40. The van der Waals surface area contributed by atoms with Crippen LogP contribution < -0.4 is 11.1 Å². The third kappa shape index (κ3) is 3.69. The Kier molecular flexibility index (Phi) is 5.49. The second kappa shape index (κ2) is 6.88. The Morgan fingerprint density at radius 3 is 2.45 bits per heavy atom. The molecule has 0 bridgehead atoms. The van der Waals surface area contributed by atoms with Crippen molar-refractivity contribution >= 4 is 17.5 Å². The lowest BCUT2D eigenvalue weighted by molar-refractivity contribution is -0.129. The van der Waals surface area contributed by atoms with E-state index < -0.39 is 11.7 Å². The van der Waals surface area contributed by atoms with Gasteiger partial charge in [-0.1, -0.05) is 0 Å². The van der Waals surface area contributed by atoms with E-state index in [9.17, 15) is 14.0 Å². The number of nitrogens with zero attached hydrogens (tertiary/aromatic N) is 1. The van der Waals surface area contributed by atoms with Crippen molar-refractivity contribution in [2.75, 3.05) is 25.4 Å². The summed E-state index contributed by atoms with van der Waals surface area (Å²) in [5.74, 6) is -1.46. The number of halogens is 1. The van der Waals surface area contributed by atoms with Gasteiger partial charge < -0.3 is 16.0 Å². The molecule has 20 heavy (non-hydrogen) atoms. The predicted octanol–water partition coefficient (Wildman–Crippen LogP) is 1.31. The zero-order valence-corrected chi connectivity index (χ0v) is 12.0. The van der Waals surface area contributed by atoms with Crippen LogP contribution in [-0.2, 0) is 4.79 Å². The summed E-state index contributed by atoms with van der Waals surface area (Å²) in [6, 6.07) is 2.71. The Balaban J connectivity index is 2.75. The fourth-order valence-electron chi connectivity index (χ4n) is 1.90. The van der Waals surface area contributed by atoms with Crippen LogP contribution in [0.2, 0.25) is 0 Å². The molecule has 0 aliphatic rings. The molecule has 0 aliphatic heterocycles. The van der Waals surface area contributed by atoms with Crippen molar-refractivity contribution < 1.29 is 14.0 Å². The van der Waals surface area contributed by atoms with Crippen LogP contribution in [0, 0.1) is 12.7 Å². The summed E-state index contributed by atoms with van der Waals surface area (Å²) in [5.41, 5.74) is 6.05. The van der Waals surface area contributed by atoms with E-state index in [1.807, 2.05) is 13.8 Å². The largest absolute Gasteiger partial charge is 0.399 e. The van der Waals surface area contributed by atoms with Gasteiger partial charge in [-0.3, -0.25) is 9.59 Å². The Hall–Kier alpha value is -2.11. The van der Waals surface area contributed by atoms with Gasteiger partial charge in [0.2, 0.25) is 5.91 Å². The second-order valence-corrected chi connectivity index (χ2v) is 4.45. The highest BCUT2D eigenvalue weighted by Gasteiger charge is 2.16. The molecule has 0 unspecified atom stereocenters. The predicted molar refractivity (Wildman–Crippen MR) is 75.8 cm³/mol. The van der Waals surface area contributed by atoms with Crippen molar-refractivity contribution in [2.24, 2.45) is 0 Å². The van der Waals surface area contributed by atoms with Gasteiger partial charge in [-0.2, -0.15) is 0 Å². The van der Waals surface area contributed by atoms with Gasteiger partial charge in [0.15, 0.2) is 0 Å². The van der Waals surface area contributed by atoms with Crippen molar-refractivity contribution in [1.29, 1.82) is 0 Å². The third-order valence-electron chi connectivity index (χ3n) is 3.04. The number of nitrogen functional groups attached to an aromatic ring is 1. The smallest absolute Gasteiger partial charge is 0.254 e. The maximum Gasteiger partial charge on any atom is 0.254 e. The highest BCUT2D eigenvalue weighted by molar-refractivity contribution is 5.97. The fraction of sp³-hybridized carbons (Fsp3) is 0.429. The van der Waals surface area contributed by atoms with Crippen LogP contribution in [0.3, 0.4) is 0 Å². The maximum absolute atomic E-state index is 13.8. The first-order valence-electron chi connectivity index (χ1n) is 6.52. The van der Waals surface area contributed by atoms with E-state index in [0.717, 1.165) is 0 Å². The highest BCUT2D eigenvalue weighted by Crippen LogP contribution is 2.16. The molecule has 6 heteroatoms. The van der Waals surface area contributed by atoms with Crippen LogP contribution in [0.4, 0.5) is 10.1 Å². The third-order valence-corrected chi connectivity index (χ3v) is 3.04. The van der Waals surface area contributed by atoms with Crippen LogP contribution in [-0.4, -0.2) is 36.3 Å². The van der Waals surface area contributed by atoms with Gasteiger partial charge in [0.1, 0.15) is 5.82 Å². The van der Waals surface area contributed by atoms with E-state index in [-0.39, 0.29) is 18.0 Å². The van der Waals surface area contributed by atoms with Crippen LogP contribution in [0.15, 0.2) is 12.1 Å². The number of rotatable bonds is 5. The number of amides is 2. The number of carbonyl (C=O) groups is 2. The molecule has 0 saturated carbocycles. The SMILES string of the molecule is CCN(CC)C(=O)CNC(=O)c1cc(N)cc(C)c1F. The number of nitrogens with one attached hydrogen (secondary N) is 1. The minimum atomic E-state index is -0.640. The van der Waals surface area contributed by atoms with Crippen LogP contribution in [0.1, 0.15) is 29.8 Å². The van der Waals surface area contributed by atoms with Gasteiger partial charge in [0.05, 0.1) is 12.1 Å². The zero-order valence-electron chi connectivity index (χ0n) is 12.0. The van der Waals surface area contributed by atoms with Crippen molar-refractivity contribution in [3.63, 3.8) is 0 Å². The van der Waals surface area contributed by atoms with Gasteiger partial charge in [0, 0.05) is 18.8 Å². The number of nitrogens with two attached hydrogens (primary N) is 1. The molecule has 0 aliphatic carbocycles. The molecule has 0 aromatic heterocycles. The number of carbonyl (C=O) groups excluding carboxylic acids is 2. The molecule has 1 aromatic rings. The Morgan fingerprint density at radius 1 is 1.30 bits per heavy atom. The molecule has 1 rings (SSSR count). The molecule has 0 saturated heterocycles. The van der Waals surface area contributed by atoms with Crippen molar-refractivity contribution in [1.82, 2.24) is 10.2 Å². The first kappa shape index (κ1) is 15.9. The number of hydrogen-bond acceptors (Lipinski definition) is 3. The van der Waals surface area contributed by atoms with Crippen molar-refractivity contribution in [3.05, 3.63) is 29.1 Å². The molecule has 110 valence electrons. The summed E-state index contributed by atoms with van der Waals surface area (Å²) in [6.45, 7) is 6.21. The van der Waals surface area contributed by atoms with Gasteiger partial charge in [-0.05, 0) is 38.5 Å². The van der Waals surface area contributed by atoms with Gasteiger partial charge in [0.25, 0.3) is 5.91 Å². The molecule has 0 atom stereocenters. The number of hydrogen-bond donors (Lipinski definition) is 2. The summed E-state index contributed by atoms with van der Waals surface area (Å²) < 4.78 is 13.8. The second-order valence-electron chi connectivity index (χ2n) is 4.45. The van der Waals surface area contributed by atoms with E-state index in [2.05, 4.69) is 5.32 Å². The van der Waals surface area contributed by atoms with Crippen LogP contribution >= 0.6 is 0 Å². The van der Waals surface area contributed by atoms with Gasteiger partial charge in [-0.25, -0.2) is 4.39 Å². The molecular formula is C14H20FN3O2. The molecule has 5 nitrogen and oxygen atoms in total. The average molecular weight is 281 g/mol. The van der Waals surface area contributed by atoms with E-state index in [1.54, 1.807) is 4.90 Å². The topological polar surface area (TPSA) is 75.4 Å². The standard InChI is InChI=1S/C14H20FN3O2/c1-4-18(5-2)12(19)8-17-14(20)11-7-10(16)6-9(3)13(11)15/h6-7H,4-5,8,16H2,1-3H3,(H,17,20). The highest BCUT2D eigenvalue weighted by atomic mass is 19.1. The van der Waals surface area contributed by atoms with Crippen molar-refractivity contribution in [2.45, 2.75) is 20.8 Å². The molecule has 0 spiro atoms. The van der Waals surface area contributed by atoms with E-state index >= 15 is 0 Å². The van der Waals surface area contributed by atoms with E-state index in [0.29, 0.717) is 24.3 Å². The molecule has 2 amide bonds. The average Bonchev–Trinajstić information content (AvgIpc) is 2.41. The van der Waals surface area contributed by atoms with E-state index in [1.165, 1.54) is 19.1 Å². The quantitative estimate of drug-likeness (QED) is 0.799. The molecule has 3 N–H and O–H groups in total. The number of benzene rings is 1. The minimum Gasteiger partial charge on any atom is -0.399 e. The lowest BCUT2D eigenvalue weighted by atomic mass is 10.1. The number of anilines is 1. The zero-order chi connectivity index (χ0) is 15.3. The van der Waals surface area contributed by atoms with E-state index in [4.69, 9.17) is 5.73 Å². The maximum atomic E-state index is 13.8. The Bertz CT molecular complexity index is 513. The summed E-state index contributed by atoms with van der Waals surface area (Å²) >= 11 is 0. The fourth-order valence-corrected chi connectivity index (χ4v) is 1.90. The number of likely N-dealkylation sites (N-methyl/N-ethyl adjacent to an activating group) is 1. The Morgan fingerprint density at radius 2 is 1.90 bits per heavy atom. The normalized spacial score (nSPS) is 10.2.